The predicted molar refractivity (Wildman–Crippen MR) is 98.5 cm³/mol. The molecule has 5 nitrogen and oxygen atoms in total. The molecule has 0 aliphatic heterocycles. The van der Waals surface area contributed by atoms with E-state index in [9.17, 15) is 4.79 Å². The molecule has 0 bridgehead atoms. The van der Waals surface area contributed by atoms with Crippen molar-refractivity contribution in [3.05, 3.63) is 23.8 Å². The summed E-state index contributed by atoms with van der Waals surface area (Å²) in [6.45, 7) is 7.37. The summed E-state index contributed by atoms with van der Waals surface area (Å²) in [5.74, 6) is 0.654. The average Bonchev–Trinajstić information content (AvgIpc) is 2.56. The Balaban J connectivity index is 2.71. The number of ether oxygens (including phenoxy) is 2. The minimum atomic E-state index is -0.342. The molecule has 0 saturated carbocycles. The molecule has 0 spiro atoms. The van der Waals surface area contributed by atoms with E-state index in [0.29, 0.717) is 36.1 Å². The molecule has 0 aliphatic carbocycles. The number of carbonyl (C=O) groups excluding carboxylic acids is 1. The van der Waals surface area contributed by atoms with E-state index in [-0.39, 0.29) is 12.0 Å². The number of anilines is 1. The smallest absolute Gasteiger partial charge is 0.338 e. The Bertz CT molecular complexity index is 517. The maximum absolute atomic E-state index is 12.3. The standard InChI is InChI=1S/C19H32N2O3/c1-6-8-11-23-18-12-15(9-10-16(18)20)19(22)24-13-17(21(4)5)14(3)7-2/h9-10,12,14,17H,6-8,11,13,20H2,1-5H3. The zero-order chi connectivity index (χ0) is 18.1. The number of esters is 1. The van der Waals surface area contributed by atoms with Crippen molar-refractivity contribution in [1.82, 2.24) is 4.90 Å². The minimum Gasteiger partial charge on any atom is -0.491 e. The molecule has 0 aliphatic rings. The molecule has 0 amide bonds. The zero-order valence-electron chi connectivity index (χ0n) is 15.7. The van der Waals surface area contributed by atoms with Crippen molar-refractivity contribution in [2.24, 2.45) is 5.92 Å². The van der Waals surface area contributed by atoms with Crippen molar-refractivity contribution < 1.29 is 14.3 Å². The molecular weight excluding hydrogens is 304 g/mol. The van der Waals surface area contributed by atoms with E-state index in [4.69, 9.17) is 15.2 Å². The van der Waals surface area contributed by atoms with E-state index in [0.717, 1.165) is 19.3 Å². The van der Waals surface area contributed by atoms with E-state index in [2.05, 4.69) is 25.7 Å². The maximum atomic E-state index is 12.3. The molecule has 0 aromatic heterocycles. The number of carbonyl (C=O) groups is 1. The fraction of sp³-hybridized carbons (Fsp3) is 0.632. The molecule has 1 aromatic carbocycles. The highest BCUT2D eigenvalue weighted by Crippen LogP contribution is 2.24. The van der Waals surface area contributed by atoms with Crippen molar-refractivity contribution in [2.75, 3.05) is 33.0 Å². The molecule has 0 saturated heterocycles. The van der Waals surface area contributed by atoms with E-state index in [1.807, 2.05) is 14.1 Å². The Morgan fingerprint density at radius 2 is 2.00 bits per heavy atom. The van der Waals surface area contributed by atoms with Crippen molar-refractivity contribution in [3.63, 3.8) is 0 Å². The van der Waals surface area contributed by atoms with Gasteiger partial charge in [0.25, 0.3) is 0 Å². The van der Waals surface area contributed by atoms with Crippen LogP contribution in [0.25, 0.3) is 0 Å². The largest absolute Gasteiger partial charge is 0.491 e. The van der Waals surface area contributed by atoms with Crippen LogP contribution in [-0.2, 0) is 4.74 Å². The zero-order valence-corrected chi connectivity index (χ0v) is 15.7. The highest BCUT2D eigenvalue weighted by molar-refractivity contribution is 5.90. The third-order valence-electron chi connectivity index (χ3n) is 4.35. The van der Waals surface area contributed by atoms with Crippen LogP contribution in [0.3, 0.4) is 0 Å². The third-order valence-corrected chi connectivity index (χ3v) is 4.35. The second-order valence-corrected chi connectivity index (χ2v) is 6.47. The lowest BCUT2D eigenvalue weighted by Gasteiger charge is -2.29. The lowest BCUT2D eigenvalue weighted by atomic mass is 9.99. The predicted octanol–water partition coefficient (Wildman–Crippen LogP) is 3.58. The Kier molecular flexibility index (Phi) is 8.61. The van der Waals surface area contributed by atoms with E-state index >= 15 is 0 Å². The molecule has 0 fully saturated rings. The van der Waals surface area contributed by atoms with Crippen LogP contribution in [0.5, 0.6) is 5.75 Å². The molecule has 1 rings (SSSR count). The van der Waals surface area contributed by atoms with Gasteiger partial charge in [0.2, 0.25) is 0 Å². The summed E-state index contributed by atoms with van der Waals surface area (Å²) >= 11 is 0. The van der Waals surface area contributed by atoms with Gasteiger partial charge in [-0.2, -0.15) is 0 Å². The lowest BCUT2D eigenvalue weighted by molar-refractivity contribution is 0.0336. The van der Waals surface area contributed by atoms with Gasteiger partial charge in [0.15, 0.2) is 0 Å². The van der Waals surface area contributed by atoms with Gasteiger partial charge in [-0.25, -0.2) is 4.79 Å². The number of benzene rings is 1. The molecule has 5 heteroatoms. The monoisotopic (exact) mass is 336 g/mol. The minimum absolute atomic E-state index is 0.202. The number of nitrogens with two attached hydrogens (primary N) is 1. The number of hydrogen-bond acceptors (Lipinski definition) is 5. The summed E-state index contributed by atoms with van der Waals surface area (Å²) in [6, 6.07) is 5.24. The summed E-state index contributed by atoms with van der Waals surface area (Å²) in [4.78, 5) is 14.4. The van der Waals surface area contributed by atoms with Gasteiger partial charge in [0.05, 0.1) is 17.9 Å². The second kappa shape index (κ2) is 10.2. The van der Waals surface area contributed by atoms with Crippen LogP contribution >= 0.6 is 0 Å². The van der Waals surface area contributed by atoms with Gasteiger partial charge in [-0.05, 0) is 44.6 Å². The van der Waals surface area contributed by atoms with Crippen LogP contribution in [0, 0.1) is 5.92 Å². The van der Waals surface area contributed by atoms with Gasteiger partial charge in [-0.15, -0.1) is 0 Å². The van der Waals surface area contributed by atoms with Crippen molar-refractivity contribution in [2.45, 2.75) is 46.1 Å². The number of nitrogen functional groups attached to an aromatic ring is 1. The summed E-state index contributed by atoms with van der Waals surface area (Å²) in [5, 5.41) is 0. The molecular formula is C19H32N2O3. The summed E-state index contributed by atoms with van der Waals surface area (Å²) < 4.78 is 11.2. The molecule has 2 atom stereocenters. The Morgan fingerprint density at radius 1 is 1.29 bits per heavy atom. The number of likely N-dealkylation sites (N-methyl/N-ethyl adjacent to an activating group) is 1. The first-order valence-electron chi connectivity index (χ1n) is 8.76. The number of hydrogen-bond donors (Lipinski definition) is 1. The van der Waals surface area contributed by atoms with Crippen molar-refractivity contribution >= 4 is 11.7 Å². The van der Waals surface area contributed by atoms with Gasteiger partial charge in [-0.3, -0.25) is 0 Å². The van der Waals surface area contributed by atoms with Crippen LogP contribution in [0.2, 0.25) is 0 Å². The Labute approximate surface area is 146 Å². The number of nitrogens with zero attached hydrogens (tertiary/aromatic N) is 1. The fourth-order valence-electron chi connectivity index (χ4n) is 2.45. The van der Waals surface area contributed by atoms with E-state index < -0.39 is 0 Å². The summed E-state index contributed by atoms with van der Waals surface area (Å²) in [7, 11) is 4.01. The normalized spacial score (nSPS) is 13.6. The summed E-state index contributed by atoms with van der Waals surface area (Å²) in [5.41, 5.74) is 6.91. The molecule has 0 heterocycles. The van der Waals surface area contributed by atoms with Gasteiger partial charge < -0.3 is 20.1 Å². The van der Waals surface area contributed by atoms with Crippen molar-refractivity contribution in [1.29, 1.82) is 0 Å². The molecule has 1 aromatic rings. The maximum Gasteiger partial charge on any atom is 0.338 e. The van der Waals surface area contributed by atoms with Crippen LogP contribution in [0.15, 0.2) is 18.2 Å². The number of unbranched alkanes of at least 4 members (excludes halogenated alkanes) is 1. The van der Waals surface area contributed by atoms with Gasteiger partial charge >= 0.3 is 5.97 Å². The quantitative estimate of drug-likeness (QED) is 0.402. The van der Waals surface area contributed by atoms with Crippen LogP contribution in [-0.4, -0.2) is 44.2 Å². The molecule has 136 valence electrons. The first kappa shape index (κ1) is 20.3. The topological polar surface area (TPSA) is 64.8 Å². The first-order valence-corrected chi connectivity index (χ1v) is 8.76. The van der Waals surface area contributed by atoms with E-state index in [1.165, 1.54) is 0 Å². The fourth-order valence-corrected chi connectivity index (χ4v) is 2.45. The molecule has 24 heavy (non-hydrogen) atoms. The molecule has 2 unspecified atom stereocenters. The second-order valence-electron chi connectivity index (χ2n) is 6.47. The van der Waals surface area contributed by atoms with Gasteiger partial charge in [-0.1, -0.05) is 33.6 Å². The van der Waals surface area contributed by atoms with Crippen LogP contribution < -0.4 is 10.5 Å². The van der Waals surface area contributed by atoms with Crippen LogP contribution in [0.1, 0.15) is 50.4 Å². The number of rotatable bonds is 10. The van der Waals surface area contributed by atoms with Crippen LogP contribution in [0.4, 0.5) is 5.69 Å². The third kappa shape index (κ3) is 6.04. The summed E-state index contributed by atoms with van der Waals surface area (Å²) in [6.07, 6.45) is 3.04. The SMILES string of the molecule is CCCCOc1cc(C(=O)OCC(C(C)CC)N(C)C)ccc1N. The highest BCUT2D eigenvalue weighted by Gasteiger charge is 2.21. The van der Waals surface area contributed by atoms with Crippen molar-refractivity contribution in [3.8, 4) is 5.75 Å². The van der Waals surface area contributed by atoms with E-state index in [1.54, 1.807) is 18.2 Å². The van der Waals surface area contributed by atoms with Gasteiger partial charge in [0, 0.05) is 6.04 Å². The highest BCUT2D eigenvalue weighted by atomic mass is 16.5. The first-order chi connectivity index (χ1) is 11.4. The molecule has 2 N–H and O–H groups in total. The Morgan fingerprint density at radius 3 is 2.58 bits per heavy atom. The Hall–Kier alpha value is -1.75. The molecule has 0 radical (unpaired) electrons. The average molecular weight is 336 g/mol. The van der Waals surface area contributed by atoms with Gasteiger partial charge in [0.1, 0.15) is 12.4 Å². The lowest BCUT2D eigenvalue weighted by Crippen LogP contribution is -2.38.